The van der Waals surface area contributed by atoms with E-state index in [9.17, 15) is 4.79 Å². The van der Waals surface area contributed by atoms with Crippen LogP contribution >= 0.6 is 0 Å². The van der Waals surface area contributed by atoms with Crippen molar-refractivity contribution in [1.29, 1.82) is 0 Å². The first-order valence-electron chi connectivity index (χ1n) is 6.33. The predicted molar refractivity (Wildman–Crippen MR) is 71.9 cm³/mol. The van der Waals surface area contributed by atoms with E-state index in [1.807, 2.05) is 19.1 Å². The molecule has 0 aliphatic carbocycles. The van der Waals surface area contributed by atoms with Gasteiger partial charge in [0.15, 0.2) is 0 Å². The monoisotopic (exact) mass is 261 g/mol. The zero-order valence-electron chi connectivity index (χ0n) is 11.7. The van der Waals surface area contributed by atoms with Crippen LogP contribution in [0.15, 0.2) is 22.6 Å². The smallest absolute Gasteiger partial charge is 0.274 e. The fourth-order valence-electron chi connectivity index (χ4n) is 1.81. The van der Waals surface area contributed by atoms with E-state index in [0.717, 1.165) is 17.2 Å². The minimum absolute atomic E-state index is 0.114. The van der Waals surface area contributed by atoms with Gasteiger partial charge in [-0.1, -0.05) is 13.8 Å². The van der Waals surface area contributed by atoms with Gasteiger partial charge in [0, 0.05) is 12.7 Å². The molecule has 0 aliphatic rings. The number of furan rings is 1. The third-order valence-corrected chi connectivity index (χ3v) is 2.97. The summed E-state index contributed by atoms with van der Waals surface area (Å²) in [6, 6.07) is 5.57. The van der Waals surface area contributed by atoms with Crippen LogP contribution in [0.5, 0.6) is 0 Å². The quantitative estimate of drug-likeness (QED) is 0.920. The van der Waals surface area contributed by atoms with Gasteiger partial charge in [-0.2, -0.15) is 5.10 Å². The summed E-state index contributed by atoms with van der Waals surface area (Å²) in [7, 11) is 1.74. The van der Waals surface area contributed by atoms with Crippen molar-refractivity contribution in [2.45, 2.75) is 33.2 Å². The summed E-state index contributed by atoms with van der Waals surface area (Å²) in [5, 5.41) is 6.95. The van der Waals surface area contributed by atoms with Gasteiger partial charge in [0.1, 0.15) is 17.2 Å². The van der Waals surface area contributed by atoms with Crippen LogP contribution in [0, 0.1) is 6.92 Å². The Bertz CT molecular complexity index is 569. The second kappa shape index (κ2) is 5.30. The van der Waals surface area contributed by atoms with Crippen molar-refractivity contribution in [3.05, 3.63) is 41.1 Å². The predicted octanol–water partition coefficient (Wildman–Crippen LogP) is 2.71. The number of aromatic nitrogens is 2. The van der Waals surface area contributed by atoms with Crippen molar-refractivity contribution in [2.24, 2.45) is 0 Å². The summed E-state index contributed by atoms with van der Waals surface area (Å²) < 4.78 is 5.46. The topological polar surface area (TPSA) is 62.1 Å². The van der Waals surface area contributed by atoms with Crippen LogP contribution in [0.3, 0.4) is 0 Å². The summed E-state index contributed by atoms with van der Waals surface area (Å²) in [6.07, 6.45) is 0. The highest BCUT2D eigenvalue weighted by atomic mass is 16.3. The van der Waals surface area contributed by atoms with E-state index in [-0.39, 0.29) is 5.91 Å². The highest BCUT2D eigenvalue weighted by Crippen LogP contribution is 2.14. The largest absolute Gasteiger partial charge is 0.464 e. The van der Waals surface area contributed by atoms with E-state index in [1.54, 1.807) is 18.0 Å². The number of aryl methyl sites for hydroxylation is 1. The SMILES string of the molecule is Cc1ccc(CN(C)C(=O)c2cc(C(C)C)[nH]n2)o1. The highest BCUT2D eigenvalue weighted by Gasteiger charge is 2.17. The van der Waals surface area contributed by atoms with Crippen molar-refractivity contribution < 1.29 is 9.21 Å². The first-order chi connectivity index (χ1) is 8.97. The number of carbonyl (C=O) groups excluding carboxylic acids is 1. The maximum atomic E-state index is 12.2. The number of hydrogen-bond donors (Lipinski definition) is 1. The first kappa shape index (κ1) is 13.4. The van der Waals surface area contributed by atoms with Gasteiger partial charge >= 0.3 is 0 Å². The molecule has 0 bridgehead atoms. The van der Waals surface area contributed by atoms with Crippen LogP contribution in [0.1, 0.15) is 47.5 Å². The van der Waals surface area contributed by atoms with Crippen molar-refractivity contribution in [2.75, 3.05) is 7.05 Å². The standard InChI is InChI=1S/C14H19N3O2/c1-9(2)12-7-13(16-15-12)14(18)17(4)8-11-6-5-10(3)19-11/h5-7,9H,8H2,1-4H3,(H,15,16). The Morgan fingerprint density at radius 3 is 2.74 bits per heavy atom. The van der Waals surface area contributed by atoms with Gasteiger partial charge in [0.2, 0.25) is 0 Å². The van der Waals surface area contributed by atoms with Crippen LogP contribution in [-0.4, -0.2) is 28.1 Å². The molecular formula is C14H19N3O2. The lowest BCUT2D eigenvalue weighted by Crippen LogP contribution is -2.26. The molecule has 0 spiro atoms. The van der Waals surface area contributed by atoms with Gasteiger partial charge in [0.25, 0.3) is 5.91 Å². The molecular weight excluding hydrogens is 242 g/mol. The Morgan fingerprint density at radius 1 is 1.47 bits per heavy atom. The van der Waals surface area contributed by atoms with E-state index < -0.39 is 0 Å². The van der Waals surface area contributed by atoms with Gasteiger partial charge in [0.05, 0.1) is 6.54 Å². The molecule has 0 saturated carbocycles. The third-order valence-electron chi connectivity index (χ3n) is 2.97. The summed E-state index contributed by atoms with van der Waals surface area (Å²) in [6.45, 7) is 6.43. The summed E-state index contributed by atoms with van der Waals surface area (Å²) in [4.78, 5) is 13.8. The fourth-order valence-corrected chi connectivity index (χ4v) is 1.81. The van der Waals surface area contributed by atoms with E-state index >= 15 is 0 Å². The number of H-pyrrole nitrogens is 1. The Kier molecular flexibility index (Phi) is 3.74. The molecule has 0 atom stereocenters. The molecule has 0 fully saturated rings. The van der Waals surface area contributed by atoms with Gasteiger partial charge in [-0.15, -0.1) is 0 Å². The molecule has 19 heavy (non-hydrogen) atoms. The van der Waals surface area contributed by atoms with Gasteiger partial charge in [-0.25, -0.2) is 0 Å². The van der Waals surface area contributed by atoms with E-state index in [4.69, 9.17) is 4.42 Å². The third kappa shape index (κ3) is 3.05. The summed E-state index contributed by atoms with van der Waals surface area (Å²) in [5.41, 5.74) is 1.40. The molecule has 5 nitrogen and oxygen atoms in total. The molecule has 0 saturated heterocycles. The minimum Gasteiger partial charge on any atom is -0.464 e. The Hall–Kier alpha value is -2.04. The molecule has 0 radical (unpaired) electrons. The molecule has 1 amide bonds. The maximum absolute atomic E-state index is 12.2. The molecule has 2 heterocycles. The van der Waals surface area contributed by atoms with Crippen LogP contribution in [-0.2, 0) is 6.54 Å². The zero-order chi connectivity index (χ0) is 14.0. The maximum Gasteiger partial charge on any atom is 0.274 e. The van der Waals surface area contributed by atoms with Gasteiger partial charge < -0.3 is 9.32 Å². The number of amides is 1. The summed E-state index contributed by atoms with van der Waals surface area (Å²) in [5.74, 6) is 1.83. The van der Waals surface area contributed by atoms with Crippen LogP contribution in [0.25, 0.3) is 0 Å². The van der Waals surface area contributed by atoms with Crippen LogP contribution in [0.2, 0.25) is 0 Å². The molecule has 0 aromatic carbocycles. The molecule has 5 heteroatoms. The summed E-state index contributed by atoms with van der Waals surface area (Å²) >= 11 is 0. The molecule has 2 aromatic rings. The number of hydrogen-bond acceptors (Lipinski definition) is 3. The lowest BCUT2D eigenvalue weighted by atomic mass is 10.1. The average molecular weight is 261 g/mol. The number of nitrogens with zero attached hydrogens (tertiary/aromatic N) is 2. The Morgan fingerprint density at radius 2 is 2.21 bits per heavy atom. The minimum atomic E-state index is -0.114. The van der Waals surface area contributed by atoms with Gasteiger partial charge in [-0.05, 0) is 31.0 Å². The lowest BCUT2D eigenvalue weighted by Gasteiger charge is -2.13. The van der Waals surface area contributed by atoms with Crippen molar-refractivity contribution in [1.82, 2.24) is 15.1 Å². The molecule has 1 N–H and O–H groups in total. The number of aromatic amines is 1. The Balaban J connectivity index is 2.05. The normalized spacial score (nSPS) is 11.0. The molecule has 0 unspecified atom stereocenters. The number of carbonyl (C=O) groups is 1. The molecule has 2 aromatic heterocycles. The molecule has 2 rings (SSSR count). The van der Waals surface area contributed by atoms with Crippen LogP contribution < -0.4 is 0 Å². The second-order valence-corrected chi connectivity index (χ2v) is 5.04. The first-order valence-corrected chi connectivity index (χ1v) is 6.33. The van der Waals surface area contributed by atoms with Gasteiger partial charge in [-0.3, -0.25) is 9.89 Å². The zero-order valence-corrected chi connectivity index (χ0v) is 11.7. The van der Waals surface area contributed by atoms with Crippen molar-refractivity contribution in [3.63, 3.8) is 0 Å². The number of rotatable bonds is 4. The lowest BCUT2D eigenvalue weighted by molar-refractivity contribution is 0.0769. The average Bonchev–Trinajstić information content (AvgIpc) is 2.97. The Labute approximate surface area is 112 Å². The van der Waals surface area contributed by atoms with E-state index in [2.05, 4.69) is 24.0 Å². The molecule has 102 valence electrons. The highest BCUT2D eigenvalue weighted by molar-refractivity contribution is 5.92. The second-order valence-electron chi connectivity index (χ2n) is 5.04. The number of nitrogens with one attached hydrogen (secondary N) is 1. The fraction of sp³-hybridized carbons (Fsp3) is 0.429. The van der Waals surface area contributed by atoms with Crippen LogP contribution in [0.4, 0.5) is 0 Å². The van der Waals surface area contributed by atoms with E-state index in [0.29, 0.717) is 18.2 Å². The molecule has 0 aliphatic heterocycles. The van der Waals surface area contributed by atoms with Crippen molar-refractivity contribution in [3.8, 4) is 0 Å². The van der Waals surface area contributed by atoms with Crippen molar-refractivity contribution >= 4 is 5.91 Å². The van der Waals surface area contributed by atoms with E-state index in [1.165, 1.54) is 0 Å².